The summed E-state index contributed by atoms with van der Waals surface area (Å²) in [6.07, 6.45) is 1.04. The van der Waals surface area contributed by atoms with Crippen LogP contribution in [-0.2, 0) is 15.0 Å². The first-order valence-electron chi connectivity index (χ1n) is 14.7. The molecular weight excluding hydrogens is 524 g/mol. The van der Waals surface area contributed by atoms with Crippen LogP contribution in [-0.4, -0.2) is 40.9 Å². The molecule has 0 aliphatic carbocycles. The Morgan fingerprint density at radius 2 is 1.43 bits per heavy atom. The highest BCUT2D eigenvalue weighted by Gasteiger charge is 2.40. The van der Waals surface area contributed by atoms with Crippen LogP contribution in [0.1, 0.15) is 83.0 Å². The molecule has 222 valence electrons. The van der Waals surface area contributed by atoms with E-state index >= 15 is 0 Å². The van der Waals surface area contributed by atoms with E-state index in [2.05, 4.69) is 48.9 Å². The highest BCUT2D eigenvalue weighted by Crippen LogP contribution is 2.39. The number of amides is 4. The van der Waals surface area contributed by atoms with E-state index < -0.39 is 17.6 Å². The van der Waals surface area contributed by atoms with Gasteiger partial charge in [0.15, 0.2) is 0 Å². The summed E-state index contributed by atoms with van der Waals surface area (Å²) in [6.45, 7) is 12.0. The fourth-order valence-corrected chi connectivity index (χ4v) is 5.53. The highest BCUT2D eigenvalue weighted by molar-refractivity contribution is 5.95. The smallest absolute Gasteiger partial charge is 0.319 e. The molecule has 4 rings (SSSR count). The maximum absolute atomic E-state index is 14.3. The third kappa shape index (κ3) is 8.21. The molecule has 3 N–H and O–H groups in total. The molecule has 3 aromatic carbocycles. The van der Waals surface area contributed by atoms with Gasteiger partial charge < -0.3 is 20.9 Å². The second kappa shape index (κ2) is 12.8. The molecule has 0 aromatic heterocycles. The van der Waals surface area contributed by atoms with Crippen molar-refractivity contribution in [3.05, 3.63) is 102 Å². The summed E-state index contributed by atoms with van der Waals surface area (Å²) in [5.74, 6) is -0.535. The van der Waals surface area contributed by atoms with Crippen molar-refractivity contribution in [2.24, 2.45) is 0 Å². The van der Waals surface area contributed by atoms with Crippen molar-refractivity contribution in [1.29, 1.82) is 0 Å². The normalized spacial score (nSPS) is 19.5. The summed E-state index contributed by atoms with van der Waals surface area (Å²) in [5, 5.41) is 8.89. The lowest BCUT2D eigenvalue weighted by atomic mass is 9.86. The van der Waals surface area contributed by atoms with E-state index in [1.165, 1.54) is 0 Å². The second-order valence-electron chi connectivity index (χ2n) is 13.3. The number of hydrogen-bond donors (Lipinski definition) is 3. The van der Waals surface area contributed by atoms with E-state index in [9.17, 15) is 14.4 Å². The molecule has 3 unspecified atom stereocenters. The zero-order chi connectivity index (χ0) is 30.5. The molecule has 0 saturated carbocycles. The van der Waals surface area contributed by atoms with Gasteiger partial charge in [-0.2, -0.15) is 0 Å². The SMILES string of the molecule is CC(C)(C)NC(=O)CN1C(=O)C(NC(=O)Nc2cccc(C(C)(C)C)c2)CC(c2ccccc2)CC1c1ccccc1. The van der Waals surface area contributed by atoms with E-state index in [1.807, 2.05) is 93.6 Å². The van der Waals surface area contributed by atoms with Crippen LogP contribution in [0.5, 0.6) is 0 Å². The van der Waals surface area contributed by atoms with Crippen LogP contribution in [0.3, 0.4) is 0 Å². The minimum Gasteiger partial charge on any atom is -0.350 e. The summed E-state index contributed by atoms with van der Waals surface area (Å²) in [6, 6.07) is 26.0. The van der Waals surface area contributed by atoms with Crippen molar-refractivity contribution in [2.75, 3.05) is 11.9 Å². The third-order valence-corrected chi connectivity index (χ3v) is 7.56. The number of nitrogens with zero attached hydrogens (tertiary/aromatic N) is 1. The van der Waals surface area contributed by atoms with E-state index in [-0.39, 0.29) is 35.7 Å². The topological polar surface area (TPSA) is 90.5 Å². The standard InChI is InChI=1S/C35H44N4O3/c1-34(2,3)27-18-13-19-28(22-27)36-33(42)37-29-20-26(24-14-9-7-10-15-24)21-30(25-16-11-8-12-17-25)39(32(29)41)23-31(40)38-35(4,5)6/h7-19,22,26,29-30H,20-21,23H2,1-6H3,(H,38,40)(H2,36,37,42). The average Bonchev–Trinajstić information content (AvgIpc) is 3.05. The molecule has 42 heavy (non-hydrogen) atoms. The summed E-state index contributed by atoms with van der Waals surface area (Å²) in [4.78, 5) is 42.5. The summed E-state index contributed by atoms with van der Waals surface area (Å²) in [7, 11) is 0. The fourth-order valence-electron chi connectivity index (χ4n) is 5.53. The van der Waals surface area contributed by atoms with Gasteiger partial charge in [0.2, 0.25) is 11.8 Å². The van der Waals surface area contributed by atoms with E-state index in [0.717, 1.165) is 16.7 Å². The number of rotatable bonds is 6. The summed E-state index contributed by atoms with van der Waals surface area (Å²) >= 11 is 0. The lowest BCUT2D eigenvalue weighted by Gasteiger charge is -2.33. The Labute approximate surface area is 250 Å². The summed E-state index contributed by atoms with van der Waals surface area (Å²) in [5.41, 5.74) is 3.28. The first-order valence-corrected chi connectivity index (χ1v) is 14.7. The number of benzene rings is 3. The Bertz CT molecular complexity index is 1380. The number of likely N-dealkylation sites (tertiary alicyclic amines) is 1. The number of anilines is 1. The van der Waals surface area contributed by atoms with Gasteiger partial charge in [-0.15, -0.1) is 0 Å². The first kappa shape index (κ1) is 30.8. The number of urea groups is 1. The zero-order valence-corrected chi connectivity index (χ0v) is 25.6. The third-order valence-electron chi connectivity index (χ3n) is 7.56. The van der Waals surface area contributed by atoms with Crippen molar-refractivity contribution in [3.63, 3.8) is 0 Å². The summed E-state index contributed by atoms with van der Waals surface area (Å²) < 4.78 is 0. The van der Waals surface area contributed by atoms with Gasteiger partial charge in [-0.25, -0.2) is 4.79 Å². The van der Waals surface area contributed by atoms with Gasteiger partial charge in [0.05, 0.1) is 6.04 Å². The molecule has 3 aromatic rings. The number of nitrogens with one attached hydrogen (secondary N) is 3. The van der Waals surface area contributed by atoms with Gasteiger partial charge in [-0.1, -0.05) is 93.6 Å². The van der Waals surface area contributed by atoms with Crippen LogP contribution in [0, 0.1) is 0 Å². The van der Waals surface area contributed by atoms with Gasteiger partial charge in [0, 0.05) is 11.2 Å². The van der Waals surface area contributed by atoms with Crippen LogP contribution < -0.4 is 16.0 Å². The van der Waals surface area contributed by atoms with Crippen LogP contribution >= 0.6 is 0 Å². The predicted molar refractivity (Wildman–Crippen MR) is 168 cm³/mol. The molecule has 0 spiro atoms. The van der Waals surface area contributed by atoms with Gasteiger partial charge in [-0.05, 0) is 73.8 Å². The largest absolute Gasteiger partial charge is 0.350 e. The lowest BCUT2D eigenvalue weighted by molar-refractivity contribution is -0.139. The molecule has 1 heterocycles. The van der Waals surface area contributed by atoms with Crippen molar-refractivity contribution < 1.29 is 14.4 Å². The van der Waals surface area contributed by atoms with Crippen molar-refractivity contribution >= 4 is 23.5 Å². The predicted octanol–water partition coefficient (Wildman–Crippen LogP) is 6.54. The minimum atomic E-state index is -0.822. The molecule has 1 aliphatic rings. The van der Waals surface area contributed by atoms with Crippen LogP contribution in [0.2, 0.25) is 0 Å². The second-order valence-corrected chi connectivity index (χ2v) is 13.3. The van der Waals surface area contributed by atoms with Crippen molar-refractivity contribution in [2.45, 2.75) is 83.3 Å². The molecule has 7 heteroatoms. The molecule has 0 bridgehead atoms. The number of carbonyl (C=O) groups excluding carboxylic acids is 3. The molecular formula is C35H44N4O3. The maximum atomic E-state index is 14.3. The average molecular weight is 569 g/mol. The maximum Gasteiger partial charge on any atom is 0.319 e. The number of hydrogen-bond acceptors (Lipinski definition) is 3. The molecule has 7 nitrogen and oxygen atoms in total. The van der Waals surface area contributed by atoms with Crippen LogP contribution in [0.25, 0.3) is 0 Å². The van der Waals surface area contributed by atoms with Crippen molar-refractivity contribution in [3.8, 4) is 0 Å². The fraction of sp³-hybridized carbons (Fsp3) is 0.400. The Morgan fingerprint density at radius 1 is 0.810 bits per heavy atom. The molecule has 3 atom stereocenters. The Morgan fingerprint density at radius 3 is 2.02 bits per heavy atom. The quantitative estimate of drug-likeness (QED) is 0.316. The lowest BCUT2D eigenvalue weighted by Crippen LogP contribution is -2.53. The van der Waals surface area contributed by atoms with E-state index in [0.29, 0.717) is 18.5 Å². The van der Waals surface area contributed by atoms with Gasteiger partial charge in [-0.3, -0.25) is 9.59 Å². The Kier molecular flexibility index (Phi) is 9.40. The van der Waals surface area contributed by atoms with Crippen molar-refractivity contribution in [1.82, 2.24) is 15.5 Å². The van der Waals surface area contributed by atoms with E-state index in [4.69, 9.17) is 0 Å². The molecule has 4 amide bonds. The van der Waals surface area contributed by atoms with Gasteiger partial charge in [0.25, 0.3) is 0 Å². The minimum absolute atomic E-state index is 0.0226. The Hall–Kier alpha value is -4.13. The van der Waals surface area contributed by atoms with Crippen LogP contribution in [0.15, 0.2) is 84.9 Å². The van der Waals surface area contributed by atoms with Crippen LogP contribution in [0.4, 0.5) is 10.5 Å². The van der Waals surface area contributed by atoms with Gasteiger partial charge >= 0.3 is 6.03 Å². The molecule has 1 saturated heterocycles. The van der Waals surface area contributed by atoms with E-state index in [1.54, 1.807) is 4.90 Å². The molecule has 0 radical (unpaired) electrons. The monoisotopic (exact) mass is 568 g/mol. The number of carbonyl (C=O) groups is 3. The highest BCUT2D eigenvalue weighted by atomic mass is 16.2. The molecule has 1 fully saturated rings. The molecule has 1 aliphatic heterocycles. The van der Waals surface area contributed by atoms with Gasteiger partial charge in [0.1, 0.15) is 12.6 Å². The zero-order valence-electron chi connectivity index (χ0n) is 25.6. The Balaban J connectivity index is 1.67. The first-order chi connectivity index (χ1) is 19.8.